The number of carbonyl (C=O) groups is 2. The Bertz CT molecular complexity index is 803. The van der Waals surface area contributed by atoms with Gasteiger partial charge in [-0.25, -0.2) is 0 Å². The highest BCUT2D eigenvalue weighted by Gasteiger charge is 2.40. The zero-order chi connectivity index (χ0) is 18.7. The third kappa shape index (κ3) is 3.57. The third-order valence-corrected chi connectivity index (χ3v) is 4.68. The predicted octanol–water partition coefficient (Wildman–Crippen LogP) is 3.66. The second-order valence-corrected chi connectivity index (χ2v) is 6.58. The minimum Gasteiger partial charge on any atom is -0.465 e. The van der Waals surface area contributed by atoms with Gasteiger partial charge in [0.15, 0.2) is 5.78 Å². The first-order valence-corrected chi connectivity index (χ1v) is 8.73. The number of furan rings is 1. The van der Waals surface area contributed by atoms with Crippen LogP contribution in [0.3, 0.4) is 0 Å². The van der Waals surface area contributed by atoms with E-state index in [1.165, 1.54) is 6.08 Å². The highest BCUT2D eigenvalue weighted by molar-refractivity contribution is 6.10. The molecule has 1 aromatic carbocycles. The highest BCUT2D eigenvalue weighted by Crippen LogP contribution is 2.40. The summed E-state index contributed by atoms with van der Waals surface area (Å²) in [6.45, 7) is 2.00. The van der Waals surface area contributed by atoms with Crippen LogP contribution in [0, 0.1) is 5.92 Å². The first-order chi connectivity index (χ1) is 12.5. The second kappa shape index (κ2) is 7.60. The van der Waals surface area contributed by atoms with E-state index in [0.29, 0.717) is 12.2 Å². The minimum atomic E-state index is -0.820. The zero-order valence-electron chi connectivity index (χ0n) is 15.3. The lowest BCUT2D eigenvalue weighted by molar-refractivity contribution is -0.151. The van der Waals surface area contributed by atoms with Crippen LogP contribution >= 0.6 is 0 Å². The van der Waals surface area contributed by atoms with Crippen molar-refractivity contribution < 1.29 is 18.7 Å². The van der Waals surface area contributed by atoms with Gasteiger partial charge in [0.1, 0.15) is 11.7 Å². The summed E-state index contributed by atoms with van der Waals surface area (Å²) in [5, 5.41) is 0. The number of ketones is 1. The molecular formula is C21H23NO4. The average Bonchev–Trinajstić information content (AvgIpc) is 3.16. The average molecular weight is 353 g/mol. The van der Waals surface area contributed by atoms with Crippen molar-refractivity contribution in [3.8, 4) is 0 Å². The van der Waals surface area contributed by atoms with Gasteiger partial charge in [0, 0.05) is 25.7 Å². The standard InChI is InChI=1S/C21H23NO4/c1-4-25-21(24)20-17(14-7-9-16(10-8-14)22(2)3)12-15(13-18(20)23)19-6-5-11-26-19/h5-11,13,17,20H,4,12H2,1-3H3/t17-,20+/m1/s1. The summed E-state index contributed by atoms with van der Waals surface area (Å²) in [7, 11) is 3.94. The molecule has 0 bridgehead atoms. The van der Waals surface area contributed by atoms with Crippen LogP contribution in [-0.2, 0) is 14.3 Å². The van der Waals surface area contributed by atoms with E-state index in [0.717, 1.165) is 16.8 Å². The maximum absolute atomic E-state index is 12.7. The number of benzene rings is 1. The Kier molecular flexibility index (Phi) is 5.26. The molecular weight excluding hydrogens is 330 g/mol. The van der Waals surface area contributed by atoms with Crippen molar-refractivity contribution >= 4 is 23.0 Å². The molecule has 136 valence electrons. The predicted molar refractivity (Wildman–Crippen MR) is 99.9 cm³/mol. The van der Waals surface area contributed by atoms with Crippen LogP contribution in [0.4, 0.5) is 5.69 Å². The molecule has 1 heterocycles. The van der Waals surface area contributed by atoms with Crippen LogP contribution in [0.2, 0.25) is 0 Å². The fourth-order valence-corrected chi connectivity index (χ4v) is 3.35. The van der Waals surface area contributed by atoms with E-state index in [2.05, 4.69) is 0 Å². The third-order valence-electron chi connectivity index (χ3n) is 4.68. The molecule has 5 heteroatoms. The van der Waals surface area contributed by atoms with Gasteiger partial charge in [-0.15, -0.1) is 0 Å². The molecule has 0 saturated heterocycles. The summed E-state index contributed by atoms with van der Waals surface area (Å²) in [5.74, 6) is -1.13. The highest BCUT2D eigenvalue weighted by atomic mass is 16.5. The lowest BCUT2D eigenvalue weighted by atomic mass is 9.74. The molecule has 1 aliphatic rings. The van der Waals surface area contributed by atoms with Crippen LogP contribution in [0.5, 0.6) is 0 Å². The van der Waals surface area contributed by atoms with E-state index in [4.69, 9.17) is 9.15 Å². The summed E-state index contributed by atoms with van der Waals surface area (Å²) in [4.78, 5) is 27.2. The fraction of sp³-hybridized carbons (Fsp3) is 0.333. The van der Waals surface area contributed by atoms with Crippen LogP contribution in [0.15, 0.2) is 53.2 Å². The van der Waals surface area contributed by atoms with Gasteiger partial charge in [0.05, 0.1) is 12.9 Å². The molecule has 1 aliphatic carbocycles. The van der Waals surface area contributed by atoms with Crippen molar-refractivity contribution in [3.63, 3.8) is 0 Å². The van der Waals surface area contributed by atoms with Crippen molar-refractivity contribution in [2.75, 3.05) is 25.6 Å². The molecule has 5 nitrogen and oxygen atoms in total. The van der Waals surface area contributed by atoms with E-state index in [1.807, 2.05) is 49.3 Å². The smallest absolute Gasteiger partial charge is 0.317 e. The molecule has 0 saturated carbocycles. The molecule has 0 amide bonds. The molecule has 2 aromatic rings. The summed E-state index contributed by atoms with van der Waals surface area (Å²) in [5.41, 5.74) is 2.81. The number of hydrogen-bond acceptors (Lipinski definition) is 5. The van der Waals surface area contributed by atoms with Crippen molar-refractivity contribution in [2.45, 2.75) is 19.3 Å². The molecule has 2 atom stereocenters. The Morgan fingerprint density at radius 3 is 2.54 bits per heavy atom. The molecule has 0 N–H and O–H groups in total. The Morgan fingerprint density at radius 2 is 1.96 bits per heavy atom. The van der Waals surface area contributed by atoms with Gasteiger partial charge in [-0.05, 0) is 54.8 Å². The molecule has 0 unspecified atom stereocenters. The fourth-order valence-electron chi connectivity index (χ4n) is 3.35. The lowest BCUT2D eigenvalue weighted by Gasteiger charge is -2.29. The van der Waals surface area contributed by atoms with Gasteiger partial charge >= 0.3 is 5.97 Å². The quantitative estimate of drug-likeness (QED) is 0.606. The number of anilines is 1. The van der Waals surface area contributed by atoms with E-state index in [-0.39, 0.29) is 18.3 Å². The molecule has 0 aliphatic heterocycles. The van der Waals surface area contributed by atoms with Crippen LogP contribution in [0.1, 0.15) is 30.6 Å². The topological polar surface area (TPSA) is 59.8 Å². The van der Waals surface area contributed by atoms with Gasteiger partial charge in [0.2, 0.25) is 0 Å². The maximum atomic E-state index is 12.7. The van der Waals surface area contributed by atoms with Crippen LogP contribution in [0.25, 0.3) is 5.57 Å². The zero-order valence-corrected chi connectivity index (χ0v) is 15.3. The Labute approximate surface area is 153 Å². The summed E-state index contributed by atoms with van der Waals surface area (Å²) >= 11 is 0. The normalized spacial score (nSPS) is 19.8. The SMILES string of the molecule is CCOC(=O)[C@@H]1C(=O)C=C(c2ccco2)C[C@@H]1c1ccc(N(C)C)cc1. The first kappa shape index (κ1) is 18.0. The van der Waals surface area contributed by atoms with Crippen molar-refractivity contribution in [3.05, 3.63) is 60.1 Å². The number of rotatable bonds is 5. The summed E-state index contributed by atoms with van der Waals surface area (Å²) in [6, 6.07) is 11.6. The minimum absolute atomic E-state index is 0.234. The number of allylic oxidation sites excluding steroid dienone is 2. The molecule has 1 aromatic heterocycles. The van der Waals surface area contributed by atoms with Crippen LogP contribution < -0.4 is 4.90 Å². The number of ether oxygens (including phenoxy) is 1. The number of hydrogen-bond donors (Lipinski definition) is 0. The number of esters is 1. The molecule has 0 radical (unpaired) electrons. The van der Waals surface area contributed by atoms with E-state index in [1.54, 1.807) is 19.3 Å². The molecule has 0 fully saturated rings. The Morgan fingerprint density at radius 1 is 1.23 bits per heavy atom. The largest absolute Gasteiger partial charge is 0.465 e. The van der Waals surface area contributed by atoms with Gasteiger partial charge in [0.25, 0.3) is 0 Å². The van der Waals surface area contributed by atoms with Gasteiger partial charge in [-0.2, -0.15) is 0 Å². The molecule has 0 spiro atoms. The second-order valence-electron chi connectivity index (χ2n) is 6.58. The van der Waals surface area contributed by atoms with E-state index in [9.17, 15) is 9.59 Å². The van der Waals surface area contributed by atoms with Gasteiger partial charge in [-0.3, -0.25) is 9.59 Å². The van der Waals surface area contributed by atoms with Crippen molar-refractivity contribution in [1.82, 2.24) is 0 Å². The number of nitrogens with zero attached hydrogens (tertiary/aromatic N) is 1. The Balaban J connectivity index is 1.98. The maximum Gasteiger partial charge on any atom is 0.317 e. The van der Waals surface area contributed by atoms with Gasteiger partial charge < -0.3 is 14.1 Å². The monoisotopic (exact) mass is 353 g/mol. The Hall–Kier alpha value is -2.82. The van der Waals surface area contributed by atoms with Crippen molar-refractivity contribution in [2.24, 2.45) is 5.92 Å². The first-order valence-electron chi connectivity index (χ1n) is 8.73. The van der Waals surface area contributed by atoms with Gasteiger partial charge in [-0.1, -0.05) is 12.1 Å². The van der Waals surface area contributed by atoms with Crippen LogP contribution in [-0.4, -0.2) is 32.5 Å². The summed E-state index contributed by atoms with van der Waals surface area (Å²) in [6.07, 6.45) is 3.65. The summed E-state index contributed by atoms with van der Waals surface area (Å²) < 4.78 is 10.6. The van der Waals surface area contributed by atoms with E-state index >= 15 is 0 Å². The lowest BCUT2D eigenvalue weighted by Crippen LogP contribution is -2.34. The number of carbonyl (C=O) groups excluding carboxylic acids is 2. The molecule has 3 rings (SSSR count). The van der Waals surface area contributed by atoms with Crippen molar-refractivity contribution in [1.29, 1.82) is 0 Å². The molecule has 26 heavy (non-hydrogen) atoms. The van der Waals surface area contributed by atoms with E-state index < -0.39 is 11.9 Å².